The molecule has 0 radical (unpaired) electrons. The molecule has 3 rings (SSSR count). The Morgan fingerprint density at radius 3 is 2.71 bits per heavy atom. The molecular formula is C15H14ClN5. The standard InChI is InChI=1S/C15H14ClN5/c1-9-6-7-13(12(16)8-9)21-15(18-19-20-21)11-5-3-4-10(2)14(11)17/h3-8H,17H2,1-2H3. The first-order valence-electron chi connectivity index (χ1n) is 6.48. The van der Waals surface area contributed by atoms with E-state index in [1.54, 1.807) is 4.68 Å². The van der Waals surface area contributed by atoms with Crippen LogP contribution in [0.25, 0.3) is 17.1 Å². The zero-order valence-corrected chi connectivity index (χ0v) is 12.5. The van der Waals surface area contributed by atoms with Gasteiger partial charge in [0.25, 0.3) is 0 Å². The van der Waals surface area contributed by atoms with Gasteiger partial charge in [-0.05, 0) is 53.6 Å². The normalized spacial score (nSPS) is 10.8. The number of benzene rings is 2. The van der Waals surface area contributed by atoms with Gasteiger partial charge in [0.2, 0.25) is 0 Å². The number of rotatable bonds is 2. The summed E-state index contributed by atoms with van der Waals surface area (Å²) in [5.41, 5.74) is 10.4. The number of hydrogen-bond donors (Lipinski definition) is 1. The van der Waals surface area contributed by atoms with Gasteiger partial charge in [-0.3, -0.25) is 0 Å². The van der Waals surface area contributed by atoms with Gasteiger partial charge in [0.05, 0.1) is 10.7 Å². The second-order valence-corrected chi connectivity index (χ2v) is 5.31. The molecule has 1 aromatic heterocycles. The van der Waals surface area contributed by atoms with Crippen molar-refractivity contribution in [2.24, 2.45) is 0 Å². The van der Waals surface area contributed by atoms with E-state index >= 15 is 0 Å². The Hall–Kier alpha value is -2.40. The molecule has 0 aliphatic carbocycles. The van der Waals surface area contributed by atoms with E-state index in [4.69, 9.17) is 17.3 Å². The molecule has 21 heavy (non-hydrogen) atoms. The number of halogens is 1. The first kappa shape index (κ1) is 13.6. The van der Waals surface area contributed by atoms with Gasteiger partial charge in [0.1, 0.15) is 0 Å². The lowest BCUT2D eigenvalue weighted by atomic mass is 10.1. The summed E-state index contributed by atoms with van der Waals surface area (Å²) in [5.74, 6) is 0.571. The molecule has 0 aliphatic rings. The highest BCUT2D eigenvalue weighted by Gasteiger charge is 2.16. The van der Waals surface area contributed by atoms with Crippen molar-refractivity contribution < 1.29 is 0 Å². The van der Waals surface area contributed by atoms with Gasteiger partial charge in [-0.2, -0.15) is 4.68 Å². The third-order valence-corrected chi connectivity index (χ3v) is 3.67. The Labute approximate surface area is 127 Å². The van der Waals surface area contributed by atoms with Crippen molar-refractivity contribution in [2.45, 2.75) is 13.8 Å². The van der Waals surface area contributed by atoms with E-state index in [0.717, 1.165) is 22.4 Å². The number of para-hydroxylation sites is 1. The molecule has 0 saturated heterocycles. The van der Waals surface area contributed by atoms with Crippen molar-refractivity contribution in [1.29, 1.82) is 0 Å². The molecule has 0 bridgehead atoms. The fraction of sp³-hybridized carbons (Fsp3) is 0.133. The summed E-state index contributed by atoms with van der Waals surface area (Å²) in [6, 6.07) is 11.5. The lowest BCUT2D eigenvalue weighted by Gasteiger charge is -2.10. The van der Waals surface area contributed by atoms with Gasteiger partial charge in [-0.15, -0.1) is 5.10 Å². The van der Waals surface area contributed by atoms with Gasteiger partial charge < -0.3 is 5.73 Å². The van der Waals surface area contributed by atoms with Crippen molar-refractivity contribution in [2.75, 3.05) is 5.73 Å². The maximum atomic E-state index is 6.30. The predicted molar refractivity (Wildman–Crippen MR) is 83.5 cm³/mol. The quantitative estimate of drug-likeness (QED) is 0.738. The van der Waals surface area contributed by atoms with Crippen LogP contribution in [-0.4, -0.2) is 20.2 Å². The number of nitrogens with zero attached hydrogens (tertiary/aromatic N) is 4. The van der Waals surface area contributed by atoms with E-state index in [-0.39, 0.29) is 0 Å². The van der Waals surface area contributed by atoms with E-state index < -0.39 is 0 Å². The Balaban J connectivity index is 2.20. The smallest absolute Gasteiger partial charge is 0.189 e. The summed E-state index contributed by atoms with van der Waals surface area (Å²) in [7, 11) is 0. The van der Waals surface area contributed by atoms with Gasteiger partial charge in [-0.1, -0.05) is 29.8 Å². The average molecular weight is 300 g/mol. The molecular weight excluding hydrogens is 286 g/mol. The summed E-state index contributed by atoms with van der Waals surface area (Å²) in [6.45, 7) is 3.93. The molecule has 6 heteroatoms. The second-order valence-electron chi connectivity index (χ2n) is 4.91. The first-order valence-corrected chi connectivity index (χ1v) is 6.86. The maximum absolute atomic E-state index is 6.30. The molecule has 0 spiro atoms. The topological polar surface area (TPSA) is 69.6 Å². The van der Waals surface area contributed by atoms with Crippen LogP contribution in [0.2, 0.25) is 5.02 Å². The van der Waals surface area contributed by atoms with Crippen LogP contribution in [0.5, 0.6) is 0 Å². The van der Waals surface area contributed by atoms with Crippen molar-refractivity contribution in [3.63, 3.8) is 0 Å². The largest absolute Gasteiger partial charge is 0.398 e. The lowest BCUT2D eigenvalue weighted by molar-refractivity contribution is 0.791. The van der Waals surface area contributed by atoms with Crippen LogP contribution in [0, 0.1) is 13.8 Å². The van der Waals surface area contributed by atoms with E-state index in [1.165, 1.54) is 0 Å². The Bertz CT molecular complexity index is 810. The number of nitrogen functional groups attached to an aromatic ring is 1. The highest BCUT2D eigenvalue weighted by molar-refractivity contribution is 6.32. The summed E-state index contributed by atoms with van der Waals surface area (Å²) in [6.07, 6.45) is 0. The number of aryl methyl sites for hydroxylation is 2. The van der Waals surface area contributed by atoms with Crippen LogP contribution in [0.15, 0.2) is 36.4 Å². The van der Waals surface area contributed by atoms with E-state index in [0.29, 0.717) is 16.5 Å². The zero-order valence-electron chi connectivity index (χ0n) is 11.7. The lowest BCUT2D eigenvalue weighted by Crippen LogP contribution is -2.03. The van der Waals surface area contributed by atoms with Crippen LogP contribution >= 0.6 is 11.6 Å². The SMILES string of the molecule is Cc1ccc(-n2nnnc2-c2cccc(C)c2N)c(Cl)c1. The third-order valence-electron chi connectivity index (χ3n) is 3.37. The highest BCUT2D eigenvalue weighted by Crippen LogP contribution is 2.29. The number of tetrazole rings is 1. The van der Waals surface area contributed by atoms with Gasteiger partial charge in [0.15, 0.2) is 5.82 Å². The van der Waals surface area contributed by atoms with E-state index in [2.05, 4.69) is 15.5 Å². The van der Waals surface area contributed by atoms with Crippen LogP contribution in [-0.2, 0) is 0 Å². The minimum atomic E-state index is 0.571. The molecule has 2 aromatic carbocycles. The molecule has 1 heterocycles. The minimum Gasteiger partial charge on any atom is -0.398 e. The number of anilines is 1. The molecule has 3 aromatic rings. The van der Waals surface area contributed by atoms with Crippen LogP contribution in [0.1, 0.15) is 11.1 Å². The molecule has 5 nitrogen and oxygen atoms in total. The fourth-order valence-corrected chi connectivity index (χ4v) is 2.49. The maximum Gasteiger partial charge on any atom is 0.189 e. The van der Waals surface area contributed by atoms with Crippen molar-refractivity contribution in [1.82, 2.24) is 20.2 Å². The Kier molecular flexibility index (Phi) is 3.35. The number of nitrogens with two attached hydrogens (primary N) is 1. The van der Waals surface area contributed by atoms with E-state index in [1.807, 2.05) is 50.2 Å². The molecule has 0 atom stereocenters. The van der Waals surface area contributed by atoms with Crippen molar-refractivity contribution in [3.8, 4) is 17.1 Å². The van der Waals surface area contributed by atoms with Crippen LogP contribution in [0.3, 0.4) is 0 Å². The van der Waals surface area contributed by atoms with Gasteiger partial charge in [-0.25, -0.2) is 0 Å². The van der Waals surface area contributed by atoms with E-state index in [9.17, 15) is 0 Å². The van der Waals surface area contributed by atoms with Crippen molar-refractivity contribution in [3.05, 3.63) is 52.5 Å². The summed E-state index contributed by atoms with van der Waals surface area (Å²) < 4.78 is 1.60. The van der Waals surface area contributed by atoms with Gasteiger partial charge in [0, 0.05) is 11.3 Å². The Morgan fingerprint density at radius 2 is 1.95 bits per heavy atom. The predicted octanol–water partition coefficient (Wildman–Crippen LogP) is 3.18. The third kappa shape index (κ3) is 2.36. The summed E-state index contributed by atoms with van der Waals surface area (Å²) in [5, 5.41) is 12.5. The highest BCUT2D eigenvalue weighted by atomic mass is 35.5. The first-order chi connectivity index (χ1) is 10.1. The molecule has 0 fully saturated rings. The van der Waals surface area contributed by atoms with Crippen molar-refractivity contribution >= 4 is 17.3 Å². The molecule has 2 N–H and O–H groups in total. The van der Waals surface area contributed by atoms with Crippen LogP contribution < -0.4 is 5.73 Å². The molecule has 0 unspecified atom stereocenters. The minimum absolute atomic E-state index is 0.571. The molecule has 0 amide bonds. The average Bonchev–Trinajstić information content (AvgIpc) is 2.91. The Morgan fingerprint density at radius 1 is 1.14 bits per heavy atom. The monoisotopic (exact) mass is 299 g/mol. The molecule has 0 saturated carbocycles. The molecule has 106 valence electrons. The second kappa shape index (κ2) is 5.18. The fourth-order valence-electron chi connectivity index (χ4n) is 2.18. The summed E-state index contributed by atoms with van der Waals surface area (Å²) in [4.78, 5) is 0. The number of hydrogen-bond acceptors (Lipinski definition) is 4. The molecule has 0 aliphatic heterocycles. The zero-order chi connectivity index (χ0) is 15.0. The van der Waals surface area contributed by atoms with Crippen LogP contribution in [0.4, 0.5) is 5.69 Å². The summed E-state index contributed by atoms with van der Waals surface area (Å²) >= 11 is 6.30. The number of aromatic nitrogens is 4. The van der Waals surface area contributed by atoms with Gasteiger partial charge >= 0.3 is 0 Å².